The predicted molar refractivity (Wildman–Crippen MR) is 71.5 cm³/mol. The summed E-state index contributed by atoms with van der Waals surface area (Å²) in [6.07, 6.45) is 4.09. The third kappa shape index (κ3) is 5.50. The summed E-state index contributed by atoms with van der Waals surface area (Å²) in [6, 6.07) is 7.53. The van der Waals surface area contributed by atoms with Crippen molar-refractivity contribution in [1.29, 1.82) is 0 Å². The fourth-order valence-corrected chi connectivity index (χ4v) is 1.40. The van der Waals surface area contributed by atoms with Crippen molar-refractivity contribution in [2.45, 2.75) is 6.42 Å². The molecule has 1 amide bonds. The Hall–Kier alpha value is -1.81. The van der Waals surface area contributed by atoms with Crippen molar-refractivity contribution >= 4 is 12.0 Å². The number of rotatable bonds is 7. The lowest BCUT2D eigenvalue weighted by Crippen LogP contribution is -2.22. The summed E-state index contributed by atoms with van der Waals surface area (Å²) in [5.74, 6) is 0.673. The average molecular weight is 249 g/mol. The van der Waals surface area contributed by atoms with Crippen LogP contribution < -0.4 is 10.1 Å². The summed E-state index contributed by atoms with van der Waals surface area (Å²) in [5.41, 5.74) is 0.932. The van der Waals surface area contributed by atoms with E-state index in [9.17, 15) is 4.79 Å². The van der Waals surface area contributed by atoms with Gasteiger partial charge in [0.15, 0.2) is 0 Å². The van der Waals surface area contributed by atoms with Gasteiger partial charge in [-0.1, -0.05) is 12.1 Å². The van der Waals surface area contributed by atoms with Crippen LogP contribution in [0.15, 0.2) is 30.3 Å². The standard InChI is InChI=1S/C14H19NO3/c1-17-10-4-9-15-14(16)8-7-12-5-3-6-13(11-12)18-2/h3,5-8,11H,4,9-10H2,1-2H3,(H,15,16)/b8-7+. The highest BCUT2D eigenvalue weighted by atomic mass is 16.5. The Morgan fingerprint density at radius 2 is 2.22 bits per heavy atom. The Kier molecular flexibility index (Phi) is 6.58. The summed E-state index contributed by atoms with van der Waals surface area (Å²) < 4.78 is 10.0. The molecular formula is C14H19NO3. The second kappa shape index (κ2) is 8.31. The van der Waals surface area contributed by atoms with E-state index in [4.69, 9.17) is 9.47 Å². The van der Waals surface area contributed by atoms with Gasteiger partial charge in [0.05, 0.1) is 7.11 Å². The summed E-state index contributed by atoms with van der Waals surface area (Å²) >= 11 is 0. The van der Waals surface area contributed by atoms with Crippen LogP contribution in [-0.4, -0.2) is 33.3 Å². The Balaban J connectivity index is 2.40. The van der Waals surface area contributed by atoms with Crippen LogP contribution in [-0.2, 0) is 9.53 Å². The SMILES string of the molecule is COCCCNC(=O)/C=C/c1cccc(OC)c1. The van der Waals surface area contributed by atoms with Crippen molar-refractivity contribution in [2.75, 3.05) is 27.4 Å². The molecule has 4 nitrogen and oxygen atoms in total. The molecule has 0 aliphatic rings. The largest absolute Gasteiger partial charge is 0.497 e. The Bertz CT molecular complexity index is 402. The maximum Gasteiger partial charge on any atom is 0.244 e. The fourth-order valence-electron chi connectivity index (χ4n) is 1.40. The average Bonchev–Trinajstić information content (AvgIpc) is 2.41. The van der Waals surface area contributed by atoms with Crippen molar-refractivity contribution in [1.82, 2.24) is 5.32 Å². The van der Waals surface area contributed by atoms with Gasteiger partial charge in [0.1, 0.15) is 5.75 Å². The van der Waals surface area contributed by atoms with Gasteiger partial charge in [0.2, 0.25) is 5.91 Å². The van der Waals surface area contributed by atoms with Gasteiger partial charge in [-0.25, -0.2) is 0 Å². The number of carbonyl (C=O) groups excluding carboxylic acids is 1. The minimum atomic E-state index is -0.103. The number of amides is 1. The van der Waals surface area contributed by atoms with E-state index in [1.165, 1.54) is 6.08 Å². The van der Waals surface area contributed by atoms with E-state index >= 15 is 0 Å². The van der Waals surface area contributed by atoms with E-state index in [-0.39, 0.29) is 5.91 Å². The molecule has 0 radical (unpaired) electrons. The summed E-state index contributed by atoms with van der Waals surface area (Å²) in [6.45, 7) is 1.27. The monoisotopic (exact) mass is 249 g/mol. The molecule has 0 saturated carbocycles. The van der Waals surface area contributed by atoms with Crippen LogP contribution in [0.4, 0.5) is 0 Å². The molecule has 0 saturated heterocycles. The van der Waals surface area contributed by atoms with Gasteiger partial charge in [-0.2, -0.15) is 0 Å². The predicted octanol–water partition coefficient (Wildman–Crippen LogP) is 1.86. The van der Waals surface area contributed by atoms with E-state index in [0.717, 1.165) is 17.7 Å². The number of nitrogens with one attached hydrogen (secondary N) is 1. The number of benzene rings is 1. The molecule has 0 aliphatic carbocycles. The Morgan fingerprint density at radius 1 is 1.39 bits per heavy atom. The maximum atomic E-state index is 11.5. The molecule has 1 aromatic carbocycles. The normalized spacial score (nSPS) is 10.6. The first-order valence-electron chi connectivity index (χ1n) is 5.85. The first-order chi connectivity index (χ1) is 8.76. The van der Waals surface area contributed by atoms with Crippen molar-refractivity contribution in [3.8, 4) is 5.75 Å². The van der Waals surface area contributed by atoms with E-state index in [0.29, 0.717) is 13.2 Å². The first kappa shape index (κ1) is 14.3. The zero-order chi connectivity index (χ0) is 13.2. The van der Waals surface area contributed by atoms with Gasteiger partial charge in [-0.15, -0.1) is 0 Å². The molecule has 0 atom stereocenters. The van der Waals surface area contributed by atoms with Crippen molar-refractivity contribution in [3.05, 3.63) is 35.9 Å². The van der Waals surface area contributed by atoms with Gasteiger partial charge >= 0.3 is 0 Å². The number of hydrogen-bond acceptors (Lipinski definition) is 3. The highest BCUT2D eigenvalue weighted by molar-refractivity contribution is 5.91. The number of methoxy groups -OCH3 is 2. The fraction of sp³-hybridized carbons (Fsp3) is 0.357. The molecule has 1 N–H and O–H groups in total. The zero-order valence-electron chi connectivity index (χ0n) is 10.8. The zero-order valence-corrected chi connectivity index (χ0v) is 10.8. The molecule has 98 valence electrons. The third-order valence-electron chi connectivity index (χ3n) is 2.35. The molecule has 0 aliphatic heterocycles. The van der Waals surface area contributed by atoms with E-state index in [2.05, 4.69) is 5.32 Å². The summed E-state index contributed by atoms with van der Waals surface area (Å²) in [7, 11) is 3.26. The molecule has 0 aromatic heterocycles. The second-order valence-electron chi connectivity index (χ2n) is 3.75. The molecular weight excluding hydrogens is 230 g/mol. The van der Waals surface area contributed by atoms with Crippen LogP contribution in [0, 0.1) is 0 Å². The molecule has 0 fully saturated rings. The van der Waals surface area contributed by atoms with Crippen LogP contribution in [0.25, 0.3) is 6.08 Å². The van der Waals surface area contributed by atoms with Crippen LogP contribution in [0.3, 0.4) is 0 Å². The number of carbonyl (C=O) groups is 1. The minimum Gasteiger partial charge on any atom is -0.497 e. The molecule has 1 rings (SSSR count). The van der Waals surface area contributed by atoms with Gasteiger partial charge in [-0.05, 0) is 30.2 Å². The van der Waals surface area contributed by atoms with Crippen LogP contribution in [0.1, 0.15) is 12.0 Å². The van der Waals surface area contributed by atoms with Gasteiger partial charge in [-0.3, -0.25) is 4.79 Å². The Labute approximate surface area is 108 Å². The van der Waals surface area contributed by atoms with Gasteiger partial charge in [0.25, 0.3) is 0 Å². The molecule has 4 heteroatoms. The Morgan fingerprint density at radius 3 is 2.94 bits per heavy atom. The van der Waals surface area contributed by atoms with E-state index < -0.39 is 0 Å². The lowest BCUT2D eigenvalue weighted by Gasteiger charge is -2.02. The minimum absolute atomic E-state index is 0.103. The smallest absolute Gasteiger partial charge is 0.244 e. The van der Waals surface area contributed by atoms with Crippen molar-refractivity contribution < 1.29 is 14.3 Å². The lowest BCUT2D eigenvalue weighted by molar-refractivity contribution is -0.116. The van der Waals surface area contributed by atoms with Crippen molar-refractivity contribution in [2.24, 2.45) is 0 Å². The highest BCUT2D eigenvalue weighted by Gasteiger charge is 1.95. The van der Waals surface area contributed by atoms with Crippen molar-refractivity contribution in [3.63, 3.8) is 0 Å². The molecule has 18 heavy (non-hydrogen) atoms. The van der Waals surface area contributed by atoms with Crippen LogP contribution in [0.2, 0.25) is 0 Å². The number of ether oxygens (including phenoxy) is 2. The lowest BCUT2D eigenvalue weighted by atomic mass is 10.2. The van der Waals surface area contributed by atoms with Crippen LogP contribution >= 0.6 is 0 Å². The third-order valence-corrected chi connectivity index (χ3v) is 2.35. The molecule has 1 aromatic rings. The second-order valence-corrected chi connectivity index (χ2v) is 3.75. The maximum absolute atomic E-state index is 11.5. The van der Waals surface area contributed by atoms with Gasteiger partial charge in [0, 0.05) is 26.3 Å². The molecule has 0 heterocycles. The quantitative estimate of drug-likeness (QED) is 0.592. The molecule has 0 bridgehead atoms. The molecule has 0 unspecified atom stereocenters. The highest BCUT2D eigenvalue weighted by Crippen LogP contribution is 2.13. The number of hydrogen-bond donors (Lipinski definition) is 1. The van der Waals surface area contributed by atoms with Gasteiger partial charge < -0.3 is 14.8 Å². The molecule has 0 spiro atoms. The van der Waals surface area contributed by atoms with Crippen LogP contribution in [0.5, 0.6) is 5.75 Å². The van der Waals surface area contributed by atoms with E-state index in [1.54, 1.807) is 20.3 Å². The topological polar surface area (TPSA) is 47.6 Å². The summed E-state index contributed by atoms with van der Waals surface area (Å²) in [4.78, 5) is 11.5. The van der Waals surface area contributed by atoms with E-state index in [1.807, 2.05) is 24.3 Å². The summed E-state index contributed by atoms with van der Waals surface area (Å²) in [5, 5.41) is 2.78. The first-order valence-corrected chi connectivity index (χ1v) is 5.85.